The van der Waals surface area contributed by atoms with Crippen LogP contribution in [0.15, 0.2) is 6.07 Å². The molecular formula is C14H24N4. The Morgan fingerprint density at radius 2 is 2.06 bits per heavy atom. The van der Waals surface area contributed by atoms with Crippen LogP contribution in [0.1, 0.15) is 38.8 Å². The third-order valence-corrected chi connectivity index (χ3v) is 3.48. The molecule has 1 aliphatic heterocycles. The Morgan fingerprint density at radius 1 is 1.33 bits per heavy atom. The van der Waals surface area contributed by atoms with Gasteiger partial charge in [0.15, 0.2) is 0 Å². The summed E-state index contributed by atoms with van der Waals surface area (Å²) in [7, 11) is 0. The highest BCUT2D eigenvalue weighted by atomic mass is 15.2. The number of nitrogens with one attached hydrogen (secondary N) is 1. The molecule has 0 radical (unpaired) electrons. The monoisotopic (exact) mass is 248 g/mol. The quantitative estimate of drug-likeness (QED) is 0.889. The Kier molecular flexibility index (Phi) is 4.39. The molecule has 0 aromatic carbocycles. The van der Waals surface area contributed by atoms with Crippen molar-refractivity contribution in [3.8, 4) is 0 Å². The average Bonchev–Trinajstić information content (AvgIpc) is 2.36. The number of anilines is 2. The zero-order valence-electron chi connectivity index (χ0n) is 11.7. The van der Waals surface area contributed by atoms with Crippen LogP contribution in [0.25, 0.3) is 0 Å². The first kappa shape index (κ1) is 13.1. The summed E-state index contributed by atoms with van der Waals surface area (Å²) in [6.45, 7) is 9.68. The fourth-order valence-electron chi connectivity index (χ4n) is 2.27. The zero-order chi connectivity index (χ0) is 13.0. The van der Waals surface area contributed by atoms with Crippen LogP contribution in [0.2, 0.25) is 0 Å². The maximum Gasteiger partial charge on any atom is 0.224 e. The Morgan fingerprint density at radius 3 is 2.72 bits per heavy atom. The number of aromatic nitrogens is 2. The van der Waals surface area contributed by atoms with Gasteiger partial charge < -0.3 is 10.2 Å². The predicted molar refractivity (Wildman–Crippen MR) is 76.2 cm³/mol. The molecule has 2 rings (SSSR count). The summed E-state index contributed by atoms with van der Waals surface area (Å²) in [5.74, 6) is 2.69. The predicted octanol–water partition coefficient (Wildman–Crippen LogP) is 2.84. The lowest BCUT2D eigenvalue weighted by atomic mass is 9.99. The molecule has 0 atom stereocenters. The standard InChI is InChI=1S/C14H24N4/c1-4-7-15-14-16-12(3)10-13(17-14)18-8-5-11(2)6-9-18/h10-11H,4-9H2,1-3H3,(H,15,16,17). The number of aryl methyl sites for hydroxylation is 1. The number of nitrogens with zero attached hydrogens (tertiary/aromatic N) is 3. The van der Waals surface area contributed by atoms with E-state index in [4.69, 9.17) is 0 Å². The first-order chi connectivity index (χ1) is 8.69. The molecule has 0 saturated carbocycles. The highest BCUT2D eigenvalue weighted by molar-refractivity contribution is 5.45. The van der Waals surface area contributed by atoms with Gasteiger partial charge in [0.25, 0.3) is 0 Å². The first-order valence-corrected chi connectivity index (χ1v) is 7.03. The number of rotatable bonds is 4. The minimum Gasteiger partial charge on any atom is -0.356 e. The Balaban J connectivity index is 2.09. The molecule has 0 amide bonds. The molecule has 2 heterocycles. The Labute approximate surface area is 110 Å². The van der Waals surface area contributed by atoms with E-state index in [1.165, 1.54) is 12.8 Å². The van der Waals surface area contributed by atoms with Gasteiger partial charge in [-0.25, -0.2) is 4.98 Å². The number of hydrogen-bond donors (Lipinski definition) is 1. The molecule has 1 aromatic rings. The summed E-state index contributed by atoms with van der Waals surface area (Å²) in [5, 5.41) is 3.27. The van der Waals surface area contributed by atoms with E-state index in [9.17, 15) is 0 Å². The van der Waals surface area contributed by atoms with E-state index < -0.39 is 0 Å². The van der Waals surface area contributed by atoms with Crippen molar-refractivity contribution in [1.82, 2.24) is 9.97 Å². The fourth-order valence-corrected chi connectivity index (χ4v) is 2.27. The van der Waals surface area contributed by atoms with Crippen LogP contribution in [0.4, 0.5) is 11.8 Å². The van der Waals surface area contributed by atoms with Gasteiger partial charge in [0.05, 0.1) is 0 Å². The number of hydrogen-bond acceptors (Lipinski definition) is 4. The number of piperidine rings is 1. The summed E-state index contributed by atoms with van der Waals surface area (Å²) in [6.07, 6.45) is 3.62. The molecule has 1 saturated heterocycles. The van der Waals surface area contributed by atoms with E-state index in [2.05, 4.69) is 40.1 Å². The lowest BCUT2D eigenvalue weighted by Gasteiger charge is -2.31. The first-order valence-electron chi connectivity index (χ1n) is 7.03. The van der Waals surface area contributed by atoms with Crippen molar-refractivity contribution in [2.75, 3.05) is 29.9 Å². The van der Waals surface area contributed by atoms with Crippen LogP contribution < -0.4 is 10.2 Å². The second-order valence-corrected chi connectivity index (χ2v) is 5.29. The second kappa shape index (κ2) is 6.03. The van der Waals surface area contributed by atoms with E-state index in [1.54, 1.807) is 0 Å². The molecule has 0 unspecified atom stereocenters. The zero-order valence-corrected chi connectivity index (χ0v) is 11.7. The van der Waals surface area contributed by atoms with Crippen LogP contribution in [0, 0.1) is 12.8 Å². The average molecular weight is 248 g/mol. The largest absolute Gasteiger partial charge is 0.356 e. The minimum absolute atomic E-state index is 0.769. The van der Waals surface area contributed by atoms with Gasteiger partial charge in [0, 0.05) is 31.4 Å². The Bertz CT molecular complexity index is 383. The minimum atomic E-state index is 0.769. The van der Waals surface area contributed by atoms with Crippen LogP contribution in [-0.2, 0) is 0 Å². The van der Waals surface area contributed by atoms with Crippen molar-refractivity contribution < 1.29 is 0 Å². The van der Waals surface area contributed by atoms with Gasteiger partial charge in [0.2, 0.25) is 5.95 Å². The maximum absolute atomic E-state index is 4.62. The molecular weight excluding hydrogens is 224 g/mol. The topological polar surface area (TPSA) is 41.1 Å². The molecule has 18 heavy (non-hydrogen) atoms. The van der Waals surface area contributed by atoms with E-state index in [0.717, 1.165) is 49.4 Å². The molecule has 1 N–H and O–H groups in total. The Hall–Kier alpha value is -1.32. The van der Waals surface area contributed by atoms with Crippen molar-refractivity contribution in [3.05, 3.63) is 11.8 Å². The van der Waals surface area contributed by atoms with Crippen LogP contribution in [0.3, 0.4) is 0 Å². The molecule has 4 nitrogen and oxygen atoms in total. The molecule has 100 valence electrons. The van der Waals surface area contributed by atoms with Crippen LogP contribution in [-0.4, -0.2) is 29.6 Å². The lowest BCUT2D eigenvalue weighted by molar-refractivity contribution is 0.436. The van der Waals surface area contributed by atoms with E-state index >= 15 is 0 Å². The van der Waals surface area contributed by atoms with Crippen LogP contribution >= 0.6 is 0 Å². The van der Waals surface area contributed by atoms with Crippen molar-refractivity contribution in [3.63, 3.8) is 0 Å². The molecule has 1 aliphatic rings. The van der Waals surface area contributed by atoms with E-state index in [0.29, 0.717) is 0 Å². The van der Waals surface area contributed by atoms with Gasteiger partial charge >= 0.3 is 0 Å². The molecule has 1 fully saturated rings. The van der Waals surface area contributed by atoms with Gasteiger partial charge in [-0.1, -0.05) is 13.8 Å². The summed E-state index contributed by atoms with van der Waals surface area (Å²) >= 11 is 0. The third-order valence-electron chi connectivity index (χ3n) is 3.48. The van der Waals surface area contributed by atoms with Gasteiger partial charge in [0.1, 0.15) is 5.82 Å². The molecule has 0 bridgehead atoms. The third kappa shape index (κ3) is 3.34. The summed E-state index contributed by atoms with van der Waals surface area (Å²) in [5.41, 5.74) is 1.04. The van der Waals surface area contributed by atoms with Gasteiger partial charge in [-0.15, -0.1) is 0 Å². The second-order valence-electron chi connectivity index (χ2n) is 5.29. The van der Waals surface area contributed by atoms with Crippen molar-refractivity contribution >= 4 is 11.8 Å². The maximum atomic E-state index is 4.62. The van der Waals surface area contributed by atoms with Gasteiger partial charge in [-0.2, -0.15) is 4.98 Å². The smallest absolute Gasteiger partial charge is 0.224 e. The summed E-state index contributed by atoms with van der Waals surface area (Å²) in [6, 6.07) is 2.09. The lowest BCUT2D eigenvalue weighted by Crippen LogP contribution is -2.33. The molecule has 4 heteroatoms. The molecule has 0 aliphatic carbocycles. The van der Waals surface area contributed by atoms with Crippen molar-refractivity contribution in [2.45, 2.75) is 40.0 Å². The summed E-state index contributed by atoms with van der Waals surface area (Å²) < 4.78 is 0. The highest BCUT2D eigenvalue weighted by Crippen LogP contribution is 2.22. The van der Waals surface area contributed by atoms with Crippen LogP contribution in [0.5, 0.6) is 0 Å². The fraction of sp³-hybridized carbons (Fsp3) is 0.714. The molecule has 0 spiro atoms. The van der Waals surface area contributed by atoms with E-state index in [1.807, 2.05) is 6.92 Å². The highest BCUT2D eigenvalue weighted by Gasteiger charge is 2.17. The van der Waals surface area contributed by atoms with Gasteiger partial charge in [-0.3, -0.25) is 0 Å². The van der Waals surface area contributed by atoms with Gasteiger partial charge in [-0.05, 0) is 32.1 Å². The molecule has 1 aromatic heterocycles. The van der Waals surface area contributed by atoms with E-state index in [-0.39, 0.29) is 0 Å². The SMILES string of the molecule is CCCNc1nc(C)cc(N2CCC(C)CC2)n1. The van der Waals surface area contributed by atoms with Crippen molar-refractivity contribution in [1.29, 1.82) is 0 Å². The van der Waals surface area contributed by atoms with Crippen molar-refractivity contribution in [2.24, 2.45) is 5.92 Å². The summed E-state index contributed by atoms with van der Waals surface area (Å²) in [4.78, 5) is 11.4. The normalized spacial score (nSPS) is 16.9.